The second kappa shape index (κ2) is 12.8. The number of halogens is 1. The topological polar surface area (TPSA) is 74.5 Å². The van der Waals surface area contributed by atoms with Crippen molar-refractivity contribution in [3.8, 4) is 0 Å². The van der Waals surface area contributed by atoms with Crippen LogP contribution in [0.4, 0.5) is 0 Å². The van der Waals surface area contributed by atoms with E-state index in [4.69, 9.17) is 4.99 Å². The zero-order valence-electron chi connectivity index (χ0n) is 17.4. The van der Waals surface area contributed by atoms with E-state index in [1.54, 1.807) is 0 Å². The fourth-order valence-electron chi connectivity index (χ4n) is 3.31. The van der Waals surface area contributed by atoms with E-state index >= 15 is 0 Å². The van der Waals surface area contributed by atoms with Crippen LogP contribution in [0.2, 0.25) is 0 Å². The average molecular weight is 499 g/mol. The first kappa shape index (κ1) is 24.4. The molecule has 0 aliphatic carbocycles. The molecule has 0 amide bonds. The zero-order chi connectivity index (χ0) is 19.6. The molecule has 156 valence electrons. The lowest BCUT2D eigenvalue weighted by molar-refractivity contribution is 0.265. The van der Waals surface area contributed by atoms with Crippen LogP contribution < -0.4 is 10.6 Å². The minimum Gasteiger partial charge on any atom is -0.396 e. The Hall–Kier alpha value is -1.61. The SMILES string of the molecule is CCNC(=NCc1c(CC)nn(C)c1CC)NCC(CO)c1ccccc1.I. The summed E-state index contributed by atoms with van der Waals surface area (Å²) >= 11 is 0. The lowest BCUT2D eigenvalue weighted by Crippen LogP contribution is -2.40. The van der Waals surface area contributed by atoms with Crippen molar-refractivity contribution < 1.29 is 5.11 Å². The molecule has 0 saturated carbocycles. The van der Waals surface area contributed by atoms with Crippen LogP contribution in [0.25, 0.3) is 0 Å². The summed E-state index contributed by atoms with van der Waals surface area (Å²) in [5.41, 5.74) is 4.70. The van der Waals surface area contributed by atoms with Crippen molar-refractivity contribution in [1.82, 2.24) is 20.4 Å². The van der Waals surface area contributed by atoms with Crippen molar-refractivity contribution in [3.63, 3.8) is 0 Å². The van der Waals surface area contributed by atoms with E-state index in [2.05, 4.69) is 36.5 Å². The highest BCUT2D eigenvalue weighted by molar-refractivity contribution is 14.0. The Morgan fingerprint density at radius 3 is 2.43 bits per heavy atom. The highest BCUT2D eigenvalue weighted by Crippen LogP contribution is 2.17. The van der Waals surface area contributed by atoms with Crippen LogP contribution in [-0.4, -0.2) is 40.5 Å². The summed E-state index contributed by atoms with van der Waals surface area (Å²) in [5.74, 6) is 0.797. The third kappa shape index (κ3) is 6.48. The number of aliphatic hydroxyl groups excluding tert-OH is 1. The predicted molar refractivity (Wildman–Crippen MR) is 126 cm³/mol. The smallest absolute Gasteiger partial charge is 0.191 e. The van der Waals surface area contributed by atoms with Gasteiger partial charge in [-0.15, -0.1) is 24.0 Å². The Balaban J connectivity index is 0.00000392. The van der Waals surface area contributed by atoms with Crippen molar-refractivity contribution in [2.75, 3.05) is 19.7 Å². The first-order valence-corrected chi connectivity index (χ1v) is 9.86. The molecule has 2 aromatic rings. The summed E-state index contributed by atoms with van der Waals surface area (Å²) in [6.45, 7) is 8.44. The third-order valence-corrected chi connectivity index (χ3v) is 4.77. The summed E-state index contributed by atoms with van der Waals surface area (Å²) in [7, 11) is 2.00. The number of aliphatic hydroxyl groups is 1. The van der Waals surface area contributed by atoms with Crippen molar-refractivity contribution in [3.05, 3.63) is 52.8 Å². The van der Waals surface area contributed by atoms with Gasteiger partial charge >= 0.3 is 0 Å². The summed E-state index contributed by atoms with van der Waals surface area (Å²) < 4.78 is 1.97. The molecule has 1 aromatic heterocycles. The molecule has 6 nitrogen and oxygen atoms in total. The van der Waals surface area contributed by atoms with Gasteiger partial charge in [-0.1, -0.05) is 44.2 Å². The largest absolute Gasteiger partial charge is 0.396 e. The van der Waals surface area contributed by atoms with E-state index in [0.29, 0.717) is 13.1 Å². The van der Waals surface area contributed by atoms with Crippen LogP contribution in [0.1, 0.15) is 49.2 Å². The van der Waals surface area contributed by atoms with Crippen LogP contribution in [0.5, 0.6) is 0 Å². The number of benzene rings is 1. The highest BCUT2D eigenvalue weighted by atomic mass is 127. The third-order valence-electron chi connectivity index (χ3n) is 4.77. The Morgan fingerprint density at radius 2 is 1.86 bits per heavy atom. The number of nitrogens with one attached hydrogen (secondary N) is 2. The van der Waals surface area contributed by atoms with Gasteiger partial charge in [0.15, 0.2) is 5.96 Å². The maximum atomic E-state index is 9.76. The molecule has 0 radical (unpaired) electrons. The summed E-state index contributed by atoms with van der Waals surface area (Å²) in [6, 6.07) is 10.1. The quantitative estimate of drug-likeness (QED) is 0.282. The Kier molecular flexibility index (Phi) is 11.1. The molecular formula is C21H34IN5O. The van der Waals surface area contributed by atoms with Crippen molar-refractivity contribution >= 4 is 29.9 Å². The Labute approximate surface area is 185 Å². The normalized spacial score (nSPS) is 12.4. The molecule has 0 bridgehead atoms. The second-order valence-corrected chi connectivity index (χ2v) is 6.57. The maximum absolute atomic E-state index is 9.76. The molecule has 0 aliphatic rings. The van der Waals surface area contributed by atoms with Crippen LogP contribution in [0.15, 0.2) is 35.3 Å². The monoisotopic (exact) mass is 499 g/mol. The van der Waals surface area contributed by atoms with Gasteiger partial charge in [0.1, 0.15) is 0 Å². The molecular weight excluding hydrogens is 465 g/mol. The standard InChI is InChI=1S/C21H33N5O.HI/c1-5-19-18(20(6-2)26(4)25-19)14-24-21(22-7-3)23-13-17(15-27)16-11-9-8-10-12-16;/h8-12,17,27H,5-7,13-15H2,1-4H3,(H2,22,23,24);1H. The van der Waals surface area contributed by atoms with E-state index in [9.17, 15) is 5.11 Å². The van der Waals surface area contributed by atoms with Crippen molar-refractivity contribution in [2.45, 2.75) is 46.1 Å². The van der Waals surface area contributed by atoms with Crippen LogP contribution in [0.3, 0.4) is 0 Å². The molecule has 0 fully saturated rings. The number of nitrogens with zero attached hydrogens (tertiary/aromatic N) is 3. The molecule has 1 heterocycles. The number of hydrogen-bond donors (Lipinski definition) is 3. The zero-order valence-corrected chi connectivity index (χ0v) is 19.7. The fraction of sp³-hybridized carbons (Fsp3) is 0.524. The van der Waals surface area contributed by atoms with Crippen LogP contribution >= 0.6 is 24.0 Å². The number of aryl methyl sites for hydroxylation is 2. The Bertz CT molecular complexity index is 730. The molecule has 1 unspecified atom stereocenters. The van der Waals surface area contributed by atoms with E-state index in [0.717, 1.165) is 36.6 Å². The average Bonchev–Trinajstić information content (AvgIpc) is 3.01. The molecule has 0 saturated heterocycles. The van der Waals surface area contributed by atoms with E-state index < -0.39 is 0 Å². The minimum absolute atomic E-state index is 0. The van der Waals surface area contributed by atoms with Gasteiger partial charge in [0.2, 0.25) is 0 Å². The number of aliphatic imine (C=N–C) groups is 1. The molecule has 0 spiro atoms. The maximum Gasteiger partial charge on any atom is 0.191 e. The van der Waals surface area contributed by atoms with Gasteiger partial charge in [-0.25, -0.2) is 4.99 Å². The van der Waals surface area contributed by atoms with E-state index in [-0.39, 0.29) is 36.5 Å². The van der Waals surface area contributed by atoms with Gasteiger partial charge in [-0.05, 0) is 25.3 Å². The summed E-state index contributed by atoms with van der Waals surface area (Å²) in [5, 5.41) is 21.1. The van der Waals surface area contributed by atoms with Crippen LogP contribution in [0, 0.1) is 0 Å². The fourth-order valence-corrected chi connectivity index (χ4v) is 3.31. The molecule has 7 heteroatoms. The molecule has 3 N–H and O–H groups in total. The van der Waals surface area contributed by atoms with Gasteiger partial charge in [-0.2, -0.15) is 5.10 Å². The van der Waals surface area contributed by atoms with Crippen LogP contribution in [-0.2, 0) is 26.4 Å². The number of rotatable bonds is 9. The van der Waals surface area contributed by atoms with Gasteiger partial charge in [0.25, 0.3) is 0 Å². The van der Waals surface area contributed by atoms with Gasteiger partial charge in [0, 0.05) is 37.3 Å². The van der Waals surface area contributed by atoms with Gasteiger partial charge in [0.05, 0.1) is 18.8 Å². The van der Waals surface area contributed by atoms with Crippen molar-refractivity contribution in [1.29, 1.82) is 0 Å². The van der Waals surface area contributed by atoms with Gasteiger partial charge in [-0.3, -0.25) is 4.68 Å². The molecule has 1 atom stereocenters. The van der Waals surface area contributed by atoms with E-state index in [1.807, 2.05) is 42.1 Å². The molecule has 2 rings (SSSR count). The number of aromatic nitrogens is 2. The van der Waals surface area contributed by atoms with E-state index in [1.165, 1.54) is 11.3 Å². The summed E-state index contributed by atoms with van der Waals surface area (Å²) in [4.78, 5) is 4.77. The minimum atomic E-state index is 0. The Morgan fingerprint density at radius 1 is 1.14 bits per heavy atom. The highest BCUT2D eigenvalue weighted by Gasteiger charge is 2.14. The van der Waals surface area contributed by atoms with Crippen molar-refractivity contribution in [2.24, 2.45) is 12.0 Å². The molecule has 1 aromatic carbocycles. The predicted octanol–water partition coefficient (Wildman–Crippen LogP) is 2.99. The number of guanidine groups is 1. The first-order valence-electron chi connectivity index (χ1n) is 9.86. The lowest BCUT2D eigenvalue weighted by Gasteiger charge is -2.18. The second-order valence-electron chi connectivity index (χ2n) is 6.57. The summed E-state index contributed by atoms with van der Waals surface area (Å²) in [6.07, 6.45) is 1.85. The number of hydrogen-bond acceptors (Lipinski definition) is 3. The first-order chi connectivity index (χ1) is 13.1. The molecule has 28 heavy (non-hydrogen) atoms. The molecule has 0 aliphatic heterocycles. The lowest BCUT2D eigenvalue weighted by atomic mass is 10.0. The van der Waals surface area contributed by atoms with Gasteiger partial charge < -0.3 is 15.7 Å².